The molecule has 3 fully saturated rings. The number of carboxylic acid groups (broad SMARTS) is 1. The average Bonchev–Trinajstić information content (AvgIpc) is 3.57. The third-order valence-electron chi connectivity index (χ3n) is 6.77. The number of halogens is 2. The second kappa shape index (κ2) is 8.95. The lowest BCUT2D eigenvalue weighted by Crippen LogP contribution is -2.60. The monoisotopic (exact) mass is 476 g/mol. The molecule has 10 heteroatoms. The molecule has 2 bridgehead atoms. The molecule has 1 amide bonds. The fraction of sp³-hybridized carbons (Fsp3) is 0.522. The summed E-state index contributed by atoms with van der Waals surface area (Å²) in [5, 5.41) is 10.1. The number of rotatable bonds is 7. The number of carbonyl (C=O) groups is 1. The van der Waals surface area contributed by atoms with Crippen molar-refractivity contribution >= 4 is 23.5 Å². The molecule has 1 saturated carbocycles. The number of ether oxygens (including phenoxy) is 2. The molecular formula is C23H26ClFN4O4. The molecule has 1 aromatic carbocycles. The van der Waals surface area contributed by atoms with Gasteiger partial charge in [-0.2, -0.15) is 0 Å². The van der Waals surface area contributed by atoms with Crippen molar-refractivity contribution in [2.24, 2.45) is 0 Å². The Morgan fingerprint density at radius 2 is 2.09 bits per heavy atom. The van der Waals surface area contributed by atoms with Gasteiger partial charge >= 0.3 is 6.09 Å². The molecule has 1 aromatic heterocycles. The van der Waals surface area contributed by atoms with Crippen molar-refractivity contribution in [2.75, 3.05) is 18.8 Å². The summed E-state index contributed by atoms with van der Waals surface area (Å²) in [6, 6.07) is 4.33. The van der Waals surface area contributed by atoms with Gasteiger partial charge in [0, 0.05) is 29.8 Å². The van der Waals surface area contributed by atoms with E-state index in [0.717, 1.165) is 18.4 Å². The van der Waals surface area contributed by atoms with Crippen LogP contribution in [0, 0.1) is 0 Å². The Morgan fingerprint density at radius 3 is 2.76 bits per heavy atom. The minimum Gasteiger partial charge on any atom is -0.467 e. The molecule has 2 saturated heterocycles. The van der Waals surface area contributed by atoms with Gasteiger partial charge in [0.05, 0.1) is 30.2 Å². The van der Waals surface area contributed by atoms with Gasteiger partial charge in [0.25, 0.3) is 0 Å². The number of aromatic nitrogens is 2. The number of amides is 1. The molecule has 33 heavy (non-hydrogen) atoms. The molecule has 0 radical (unpaired) electrons. The Hall–Kier alpha value is -2.65. The first-order chi connectivity index (χ1) is 16.0. The molecule has 2 aliphatic heterocycles. The highest BCUT2D eigenvalue weighted by Gasteiger charge is 2.53. The van der Waals surface area contributed by atoms with Crippen molar-refractivity contribution in [2.45, 2.75) is 62.4 Å². The third kappa shape index (κ3) is 4.19. The van der Waals surface area contributed by atoms with Crippen molar-refractivity contribution in [1.29, 1.82) is 0 Å². The summed E-state index contributed by atoms with van der Waals surface area (Å²) in [4.78, 5) is 24.2. The molecule has 3 heterocycles. The van der Waals surface area contributed by atoms with Crippen molar-refractivity contribution in [3.8, 4) is 17.0 Å². The Bertz CT molecular complexity index is 1020. The number of nitrogens with zero attached hydrogens (tertiary/aromatic N) is 4. The summed E-state index contributed by atoms with van der Waals surface area (Å²) < 4.78 is 26.2. The van der Waals surface area contributed by atoms with Crippen LogP contribution in [0.4, 0.5) is 15.0 Å². The van der Waals surface area contributed by atoms with Crippen LogP contribution in [0.1, 0.15) is 32.1 Å². The van der Waals surface area contributed by atoms with Crippen LogP contribution in [0.2, 0.25) is 5.02 Å². The van der Waals surface area contributed by atoms with Gasteiger partial charge in [-0.25, -0.2) is 14.2 Å². The second-order valence-corrected chi connectivity index (χ2v) is 9.26. The van der Waals surface area contributed by atoms with E-state index in [4.69, 9.17) is 21.1 Å². The molecule has 1 aliphatic carbocycles. The summed E-state index contributed by atoms with van der Waals surface area (Å²) in [5.41, 5.74) is 1.33. The summed E-state index contributed by atoms with van der Waals surface area (Å²) in [6.45, 7) is 0.0730. The minimum absolute atomic E-state index is 0.0730. The van der Waals surface area contributed by atoms with Crippen LogP contribution >= 0.6 is 11.6 Å². The van der Waals surface area contributed by atoms with Crippen LogP contribution < -0.4 is 9.64 Å². The molecule has 4 atom stereocenters. The number of alkyl halides is 1. The van der Waals surface area contributed by atoms with Gasteiger partial charge < -0.3 is 19.5 Å². The lowest BCUT2D eigenvalue weighted by Gasteiger charge is -2.44. The van der Waals surface area contributed by atoms with E-state index in [1.165, 1.54) is 12.0 Å². The van der Waals surface area contributed by atoms with E-state index < -0.39 is 24.3 Å². The Balaban J connectivity index is 1.41. The molecule has 8 nitrogen and oxygen atoms in total. The van der Waals surface area contributed by atoms with Gasteiger partial charge in [-0.15, -0.1) is 0 Å². The maximum Gasteiger partial charge on any atom is 0.407 e. The number of hydrogen-bond acceptors (Lipinski definition) is 6. The number of piperidine rings is 1. The lowest BCUT2D eigenvalue weighted by molar-refractivity contribution is 0.0475. The molecule has 176 valence electrons. The number of benzene rings is 1. The summed E-state index contributed by atoms with van der Waals surface area (Å²) in [6.07, 6.45) is 4.72. The zero-order valence-electron chi connectivity index (χ0n) is 18.2. The normalized spacial score (nSPS) is 26.3. The van der Waals surface area contributed by atoms with E-state index in [1.54, 1.807) is 24.5 Å². The standard InChI is InChI=1S/C23H26ClFN4O4/c1-32-12-33-20-8-13(24)2-6-16(20)17-10-27-21(11-26-17)28(14-3-4-14)19-9-15-5-7-18(22(19)25)29(15)23(30)31/h2,6,8,10-11,14-15,18-19,22H,3-5,7,9,12H2,1H3,(H,30,31)/t15-,18+,19-,22+/m0/s1. The Labute approximate surface area is 196 Å². The molecule has 0 unspecified atom stereocenters. The zero-order chi connectivity index (χ0) is 23.1. The highest BCUT2D eigenvalue weighted by Crippen LogP contribution is 2.44. The van der Waals surface area contributed by atoms with Crippen LogP contribution in [0.15, 0.2) is 30.6 Å². The topological polar surface area (TPSA) is 88.0 Å². The predicted molar refractivity (Wildman–Crippen MR) is 120 cm³/mol. The number of fused-ring (bicyclic) bond motifs is 2. The number of methoxy groups -OCH3 is 1. The van der Waals surface area contributed by atoms with Crippen molar-refractivity contribution in [3.05, 3.63) is 35.6 Å². The van der Waals surface area contributed by atoms with E-state index in [-0.39, 0.29) is 18.9 Å². The van der Waals surface area contributed by atoms with E-state index in [1.807, 2.05) is 11.0 Å². The van der Waals surface area contributed by atoms with Gasteiger partial charge in [-0.1, -0.05) is 11.6 Å². The number of anilines is 1. The fourth-order valence-electron chi connectivity index (χ4n) is 5.21. The van der Waals surface area contributed by atoms with E-state index in [2.05, 4.69) is 9.97 Å². The molecule has 5 rings (SSSR count). The van der Waals surface area contributed by atoms with Crippen LogP contribution in [0.25, 0.3) is 11.3 Å². The molecular weight excluding hydrogens is 451 g/mol. The number of hydrogen-bond donors (Lipinski definition) is 1. The van der Waals surface area contributed by atoms with E-state index >= 15 is 4.39 Å². The highest BCUT2D eigenvalue weighted by molar-refractivity contribution is 6.30. The third-order valence-corrected chi connectivity index (χ3v) is 7.00. The first kappa shape index (κ1) is 22.2. The Kier molecular flexibility index (Phi) is 6.01. The Morgan fingerprint density at radius 1 is 1.27 bits per heavy atom. The zero-order valence-corrected chi connectivity index (χ0v) is 19.0. The average molecular weight is 477 g/mol. The van der Waals surface area contributed by atoms with E-state index in [0.29, 0.717) is 41.5 Å². The summed E-state index contributed by atoms with van der Waals surface area (Å²) >= 11 is 6.11. The smallest absolute Gasteiger partial charge is 0.407 e. The SMILES string of the molecule is COCOc1cc(Cl)ccc1-c1cnc(N(C2CC2)[C@H]2C[C@@H]3CC[C@H]([C@H]2F)N3C(=O)O)cn1. The maximum absolute atomic E-state index is 15.6. The van der Waals surface area contributed by atoms with Crippen LogP contribution in [-0.4, -0.2) is 70.3 Å². The van der Waals surface area contributed by atoms with Crippen molar-refractivity contribution in [1.82, 2.24) is 14.9 Å². The lowest BCUT2D eigenvalue weighted by atomic mass is 9.94. The summed E-state index contributed by atoms with van der Waals surface area (Å²) in [7, 11) is 1.54. The first-order valence-corrected chi connectivity index (χ1v) is 11.5. The summed E-state index contributed by atoms with van der Waals surface area (Å²) in [5.74, 6) is 1.15. The first-order valence-electron chi connectivity index (χ1n) is 11.1. The fourth-order valence-corrected chi connectivity index (χ4v) is 5.37. The van der Waals surface area contributed by atoms with Crippen molar-refractivity contribution in [3.63, 3.8) is 0 Å². The molecule has 1 N–H and O–H groups in total. The van der Waals surface area contributed by atoms with Gasteiger partial charge in [0.1, 0.15) is 17.7 Å². The predicted octanol–water partition coefficient (Wildman–Crippen LogP) is 4.37. The van der Waals surface area contributed by atoms with E-state index in [9.17, 15) is 9.90 Å². The van der Waals surface area contributed by atoms with Crippen LogP contribution in [0.3, 0.4) is 0 Å². The van der Waals surface area contributed by atoms with Gasteiger partial charge in [0.15, 0.2) is 6.79 Å². The van der Waals surface area contributed by atoms with Gasteiger partial charge in [-0.05, 0) is 50.3 Å². The molecule has 3 aliphatic rings. The van der Waals surface area contributed by atoms with Gasteiger partial charge in [-0.3, -0.25) is 9.88 Å². The minimum atomic E-state index is -1.26. The van der Waals surface area contributed by atoms with Crippen LogP contribution in [-0.2, 0) is 4.74 Å². The molecule has 2 aromatic rings. The maximum atomic E-state index is 15.6. The quantitative estimate of drug-likeness (QED) is 0.593. The second-order valence-electron chi connectivity index (χ2n) is 8.83. The molecule has 0 spiro atoms. The van der Waals surface area contributed by atoms with Gasteiger partial charge in [0.2, 0.25) is 0 Å². The highest BCUT2D eigenvalue weighted by atomic mass is 35.5. The largest absolute Gasteiger partial charge is 0.467 e. The van der Waals surface area contributed by atoms with Crippen LogP contribution in [0.5, 0.6) is 5.75 Å². The van der Waals surface area contributed by atoms with Crippen molar-refractivity contribution < 1.29 is 23.8 Å².